The van der Waals surface area contributed by atoms with Gasteiger partial charge in [0.2, 0.25) is 4.96 Å². The Balaban J connectivity index is 1.94. The van der Waals surface area contributed by atoms with Crippen molar-refractivity contribution in [3.63, 3.8) is 0 Å². The van der Waals surface area contributed by atoms with Crippen molar-refractivity contribution in [3.8, 4) is 11.3 Å². The maximum Gasteiger partial charge on any atom is 0.263 e. The number of aromatic nitrogens is 3. The first kappa shape index (κ1) is 14.6. The molecule has 3 heterocycles. The number of rotatable bonds is 2. The third-order valence-corrected chi connectivity index (χ3v) is 5.28. The van der Waals surface area contributed by atoms with Gasteiger partial charge in [-0.2, -0.15) is 5.10 Å². The number of thioether (sulfide) groups is 1. The van der Waals surface area contributed by atoms with E-state index >= 15 is 0 Å². The van der Waals surface area contributed by atoms with Crippen LogP contribution in [0.4, 0.5) is 0 Å². The molecule has 1 amide bonds. The first-order valence-corrected chi connectivity index (χ1v) is 8.82. The summed E-state index contributed by atoms with van der Waals surface area (Å²) in [5.74, 6) is -0.180. The lowest BCUT2D eigenvalue weighted by molar-refractivity contribution is -0.115. The summed E-state index contributed by atoms with van der Waals surface area (Å²) in [6, 6.07) is 9.87. The molecule has 0 atom stereocenters. The first-order chi connectivity index (χ1) is 11.1. The SMILES string of the molecule is Cc1nn2c(/C=C3\SC(=S)NC3=O)c(-c3ccccc3)nc2s1. The summed E-state index contributed by atoms with van der Waals surface area (Å²) < 4.78 is 2.25. The van der Waals surface area contributed by atoms with Gasteiger partial charge in [0.15, 0.2) is 0 Å². The number of imidazole rings is 1. The second-order valence-electron chi connectivity index (χ2n) is 4.88. The Morgan fingerprint density at radius 3 is 2.78 bits per heavy atom. The Kier molecular flexibility index (Phi) is 3.51. The van der Waals surface area contributed by atoms with E-state index in [2.05, 4.69) is 10.4 Å². The van der Waals surface area contributed by atoms with E-state index in [9.17, 15) is 4.79 Å². The Hall–Kier alpha value is -2.03. The molecule has 0 spiro atoms. The number of benzene rings is 1. The predicted molar refractivity (Wildman–Crippen MR) is 97.3 cm³/mol. The van der Waals surface area contributed by atoms with E-state index in [1.165, 1.54) is 23.1 Å². The molecule has 0 bridgehead atoms. The molecule has 5 nitrogen and oxygen atoms in total. The molecule has 8 heteroatoms. The van der Waals surface area contributed by atoms with Gasteiger partial charge in [-0.05, 0) is 13.0 Å². The average molecular weight is 358 g/mol. The van der Waals surface area contributed by atoms with Gasteiger partial charge in [0, 0.05) is 5.56 Å². The van der Waals surface area contributed by atoms with Crippen LogP contribution in [-0.4, -0.2) is 24.8 Å². The molecule has 0 unspecified atom stereocenters. The molecule has 23 heavy (non-hydrogen) atoms. The lowest BCUT2D eigenvalue weighted by atomic mass is 10.1. The van der Waals surface area contributed by atoms with Crippen LogP contribution < -0.4 is 5.32 Å². The Morgan fingerprint density at radius 2 is 2.09 bits per heavy atom. The number of thiocarbonyl (C=S) groups is 1. The highest BCUT2D eigenvalue weighted by atomic mass is 32.2. The van der Waals surface area contributed by atoms with Crippen molar-refractivity contribution in [2.75, 3.05) is 0 Å². The van der Waals surface area contributed by atoms with Crippen LogP contribution in [0.25, 0.3) is 22.3 Å². The molecular weight excluding hydrogens is 348 g/mol. The highest BCUT2D eigenvalue weighted by Crippen LogP contribution is 2.32. The van der Waals surface area contributed by atoms with Gasteiger partial charge in [-0.15, -0.1) is 0 Å². The van der Waals surface area contributed by atoms with Crippen molar-refractivity contribution >= 4 is 56.6 Å². The summed E-state index contributed by atoms with van der Waals surface area (Å²) in [5, 5.41) is 8.05. The third kappa shape index (κ3) is 2.58. The van der Waals surface area contributed by atoms with Gasteiger partial charge in [0.25, 0.3) is 5.91 Å². The second kappa shape index (κ2) is 5.55. The zero-order valence-electron chi connectivity index (χ0n) is 11.9. The maximum absolute atomic E-state index is 12.0. The monoisotopic (exact) mass is 358 g/mol. The number of amides is 1. The molecule has 3 aromatic rings. The van der Waals surface area contributed by atoms with Crippen LogP contribution in [0.5, 0.6) is 0 Å². The van der Waals surface area contributed by atoms with Crippen LogP contribution in [-0.2, 0) is 4.79 Å². The zero-order chi connectivity index (χ0) is 16.0. The van der Waals surface area contributed by atoms with Gasteiger partial charge in [-0.25, -0.2) is 9.50 Å². The van der Waals surface area contributed by atoms with E-state index in [-0.39, 0.29) is 5.91 Å². The first-order valence-electron chi connectivity index (χ1n) is 6.78. The van der Waals surface area contributed by atoms with Gasteiger partial charge in [-0.1, -0.05) is 65.6 Å². The smallest absolute Gasteiger partial charge is 0.263 e. The maximum atomic E-state index is 12.0. The third-order valence-electron chi connectivity index (χ3n) is 3.30. The molecule has 0 aliphatic carbocycles. The number of aryl methyl sites for hydroxylation is 1. The van der Waals surface area contributed by atoms with E-state index in [1.54, 1.807) is 10.6 Å². The fourth-order valence-electron chi connectivity index (χ4n) is 2.34. The minimum Gasteiger partial charge on any atom is -0.307 e. The Bertz CT molecular complexity index is 971. The Morgan fingerprint density at radius 1 is 1.30 bits per heavy atom. The molecule has 1 aliphatic heterocycles. The fraction of sp³-hybridized carbons (Fsp3) is 0.0667. The van der Waals surface area contributed by atoms with Crippen LogP contribution in [0.15, 0.2) is 35.2 Å². The standard InChI is InChI=1S/C15H10N4OS3/c1-8-18-19-10(7-11-13(20)17-15(21)23-11)12(16-14(19)22-8)9-5-3-2-4-6-9/h2-7H,1H3,(H,17,20,21)/b11-7-. The minimum atomic E-state index is -0.180. The topological polar surface area (TPSA) is 59.3 Å². The summed E-state index contributed by atoms with van der Waals surface area (Å²) >= 11 is 7.83. The normalized spacial score (nSPS) is 16.5. The van der Waals surface area contributed by atoms with Gasteiger partial charge in [0.05, 0.1) is 16.3 Å². The second-order valence-corrected chi connectivity index (χ2v) is 7.76. The lowest BCUT2D eigenvalue weighted by Crippen LogP contribution is -2.17. The molecule has 1 fully saturated rings. The van der Waals surface area contributed by atoms with Crippen LogP contribution in [0.2, 0.25) is 0 Å². The van der Waals surface area contributed by atoms with Crippen LogP contribution in [0, 0.1) is 6.92 Å². The van der Waals surface area contributed by atoms with E-state index in [4.69, 9.17) is 17.2 Å². The number of nitrogens with zero attached hydrogens (tertiary/aromatic N) is 3. The fourth-order valence-corrected chi connectivity index (χ4v) is 4.11. The average Bonchev–Trinajstić information content (AvgIpc) is 3.14. The van der Waals surface area contributed by atoms with Crippen molar-refractivity contribution in [1.82, 2.24) is 19.9 Å². The Labute approximate surface area is 145 Å². The molecular formula is C15H10N4OS3. The van der Waals surface area contributed by atoms with Gasteiger partial charge < -0.3 is 5.32 Å². The van der Waals surface area contributed by atoms with Crippen molar-refractivity contribution < 1.29 is 4.79 Å². The van der Waals surface area contributed by atoms with E-state index in [0.29, 0.717) is 9.23 Å². The molecule has 1 N–H and O–H groups in total. The molecule has 2 aromatic heterocycles. The van der Waals surface area contributed by atoms with E-state index in [0.717, 1.165) is 26.9 Å². The molecule has 1 saturated heterocycles. The molecule has 4 rings (SSSR count). The molecule has 0 radical (unpaired) electrons. The number of carbonyl (C=O) groups excluding carboxylic acids is 1. The van der Waals surface area contributed by atoms with Crippen LogP contribution >= 0.6 is 35.3 Å². The molecule has 0 saturated carbocycles. The van der Waals surface area contributed by atoms with Gasteiger partial charge >= 0.3 is 0 Å². The van der Waals surface area contributed by atoms with Gasteiger partial charge in [0.1, 0.15) is 9.33 Å². The number of fused-ring (bicyclic) bond motifs is 1. The number of nitrogens with one attached hydrogen (secondary N) is 1. The highest BCUT2D eigenvalue weighted by molar-refractivity contribution is 8.26. The summed E-state index contributed by atoms with van der Waals surface area (Å²) in [7, 11) is 0. The van der Waals surface area contributed by atoms with Crippen LogP contribution in [0.3, 0.4) is 0 Å². The van der Waals surface area contributed by atoms with Crippen molar-refractivity contribution in [3.05, 3.63) is 45.9 Å². The van der Waals surface area contributed by atoms with Crippen molar-refractivity contribution in [2.24, 2.45) is 0 Å². The summed E-state index contributed by atoms with van der Waals surface area (Å²) in [5.41, 5.74) is 2.58. The quantitative estimate of drug-likeness (QED) is 0.563. The number of hydrogen-bond donors (Lipinski definition) is 1. The number of hydrogen-bond acceptors (Lipinski definition) is 6. The summed E-state index contributed by atoms with van der Waals surface area (Å²) in [4.78, 5) is 18.0. The predicted octanol–water partition coefficient (Wildman–Crippen LogP) is 3.26. The van der Waals surface area contributed by atoms with Crippen molar-refractivity contribution in [2.45, 2.75) is 6.92 Å². The summed E-state index contributed by atoms with van der Waals surface area (Å²) in [6.45, 7) is 1.94. The largest absolute Gasteiger partial charge is 0.307 e. The summed E-state index contributed by atoms with van der Waals surface area (Å²) in [6.07, 6.45) is 1.81. The lowest BCUT2D eigenvalue weighted by Gasteiger charge is -2.00. The van der Waals surface area contributed by atoms with Gasteiger partial charge in [-0.3, -0.25) is 4.79 Å². The van der Waals surface area contributed by atoms with Crippen molar-refractivity contribution in [1.29, 1.82) is 0 Å². The zero-order valence-corrected chi connectivity index (χ0v) is 14.4. The van der Waals surface area contributed by atoms with E-state index < -0.39 is 0 Å². The van der Waals surface area contributed by atoms with E-state index in [1.807, 2.05) is 37.3 Å². The minimum absolute atomic E-state index is 0.180. The number of carbonyl (C=O) groups is 1. The van der Waals surface area contributed by atoms with Crippen LogP contribution in [0.1, 0.15) is 10.7 Å². The highest BCUT2D eigenvalue weighted by Gasteiger charge is 2.24. The molecule has 1 aliphatic rings. The molecule has 1 aromatic carbocycles. The molecule has 114 valence electrons.